The van der Waals surface area contributed by atoms with Crippen LogP contribution in [-0.2, 0) is 14.3 Å². The fourth-order valence-electron chi connectivity index (χ4n) is 3.14. The molecule has 3 atom stereocenters. The quantitative estimate of drug-likeness (QED) is 0.769. The number of carbonyl (C=O) groups is 2. The molecule has 1 N–H and O–H groups in total. The van der Waals surface area contributed by atoms with Crippen LogP contribution in [0, 0.1) is 18.8 Å². The molecule has 1 fully saturated rings. The van der Waals surface area contributed by atoms with Crippen LogP contribution in [0.25, 0.3) is 0 Å². The van der Waals surface area contributed by atoms with E-state index >= 15 is 0 Å². The summed E-state index contributed by atoms with van der Waals surface area (Å²) in [7, 11) is 0. The van der Waals surface area contributed by atoms with Crippen LogP contribution in [0.5, 0.6) is 5.75 Å². The maximum atomic E-state index is 12.0. The molecule has 2 rings (SSSR count). The summed E-state index contributed by atoms with van der Waals surface area (Å²) < 4.78 is 10.5. The van der Waals surface area contributed by atoms with Crippen LogP contribution in [-0.4, -0.2) is 31.1 Å². The van der Waals surface area contributed by atoms with Crippen molar-refractivity contribution in [3.63, 3.8) is 0 Å². The second-order valence-corrected chi connectivity index (χ2v) is 7.01. The first kappa shape index (κ1) is 19.3. The Morgan fingerprint density at radius 3 is 2.60 bits per heavy atom. The first-order chi connectivity index (χ1) is 12.0. The SMILES string of the molecule is Cc1ccc(OCCC(=O)OCC(=O)N[C@@H]2CCC[C@@H](C)[C@H]2C)cc1. The van der Waals surface area contributed by atoms with Gasteiger partial charge in [0.15, 0.2) is 6.61 Å². The van der Waals surface area contributed by atoms with Crippen LogP contribution in [0.3, 0.4) is 0 Å². The molecule has 1 aromatic rings. The molecular weight excluding hydrogens is 318 g/mol. The smallest absolute Gasteiger partial charge is 0.309 e. The molecule has 0 bridgehead atoms. The molecule has 0 spiro atoms. The Morgan fingerprint density at radius 2 is 1.88 bits per heavy atom. The highest BCUT2D eigenvalue weighted by Crippen LogP contribution is 2.29. The highest BCUT2D eigenvalue weighted by Gasteiger charge is 2.28. The lowest BCUT2D eigenvalue weighted by Gasteiger charge is -2.34. The van der Waals surface area contributed by atoms with Crippen LogP contribution < -0.4 is 10.1 Å². The fraction of sp³-hybridized carbons (Fsp3) is 0.600. The van der Waals surface area contributed by atoms with Gasteiger partial charge in [-0.05, 0) is 37.3 Å². The molecule has 25 heavy (non-hydrogen) atoms. The monoisotopic (exact) mass is 347 g/mol. The Bertz CT molecular complexity index is 570. The zero-order valence-electron chi connectivity index (χ0n) is 15.4. The number of aryl methyl sites for hydroxylation is 1. The molecule has 1 aliphatic rings. The van der Waals surface area contributed by atoms with Gasteiger partial charge < -0.3 is 14.8 Å². The van der Waals surface area contributed by atoms with Crippen molar-refractivity contribution >= 4 is 11.9 Å². The molecule has 1 aliphatic carbocycles. The number of benzene rings is 1. The Morgan fingerprint density at radius 1 is 1.16 bits per heavy atom. The van der Waals surface area contributed by atoms with Crippen LogP contribution in [0.4, 0.5) is 0 Å². The topological polar surface area (TPSA) is 64.6 Å². The minimum absolute atomic E-state index is 0.123. The lowest BCUT2D eigenvalue weighted by Crippen LogP contribution is -2.45. The minimum atomic E-state index is -0.424. The summed E-state index contributed by atoms with van der Waals surface area (Å²) in [5.74, 6) is 1.14. The van der Waals surface area contributed by atoms with Crippen molar-refractivity contribution in [3.8, 4) is 5.75 Å². The second-order valence-electron chi connectivity index (χ2n) is 7.01. The number of ether oxygens (including phenoxy) is 2. The van der Waals surface area contributed by atoms with Crippen molar-refractivity contribution in [1.82, 2.24) is 5.32 Å². The summed E-state index contributed by atoms with van der Waals surface area (Å²) in [6.07, 6.45) is 3.46. The van der Waals surface area contributed by atoms with Crippen LogP contribution >= 0.6 is 0 Å². The van der Waals surface area contributed by atoms with Gasteiger partial charge in [0.05, 0.1) is 13.0 Å². The summed E-state index contributed by atoms with van der Waals surface area (Å²) in [6.45, 7) is 6.41. The van der Waals surface area contributed by atoms with Gasteiger partial charge in [0, 0.05) is 6.04 Å². The van der Waals surface area contributed by atoms with Crippen molar-refractivity contribution in [2.24, 2.45) is 11.8 Å². The maximum Gasteiger partial charge on any atom is 0.309 e. The molecule has 0 aliphatic heterocycles. The van der Waals surface area contributed by atoms with Gasteiger partial charge in [0.2, 0.25) is 0 Å². The van der Waals surface area contributed by atoms with E-state index in [1.165, 1.54) is 6.42 Å². The number of nitrogens with one attached hydrogen (secondary N) is 1. The zero-order chi connectivity index (χ0) is 18.2. The maximum absolute atomic E-state index is 12.0. The minimum Gasteiger partial charge on any atom is -0.493 e. The van der Waals surface area contributed by atoms with Crippen molar-refractivity contribution in [1.29, 1.82) is 0 Å². The summed E-state index contributed by atoms with van der Waals surface area (Å²) in [6, 6.07) is 7.80. The van der Waals surface area contributed by atoms with E-state index in [2.05, 4.69) is 19.2 Å². The molecular formula is C20H29NO4. The lowest BCUT2D eigenvalue weighted by molar-refractivity contribution is -0.149. The van der Waals surface area contributed by atoms with Gasteiger partial charge in [-0.25, -0.2) is 0 Å². The Kier molecular flexibility index (Phi) is 7.29. The Labute approximate surface area is 150 Å². The number of hydrogen-bond acceptors (Lipinski definition) is 4. The summed E-state index contributed by atoms with van der Waals surface area (Å²) in [5, 5.41) is 2.99. The zero-order valence-corrected chi connectivity index (χ0v) is 15.4. The van der Waals surface area contributed by atoms with Crippen LogP contribution in [0.1, 0.15) is 45.1 Å². The fourth-order valence-corrected chi connectivity index (χ4v) is 3.14. The number of amides is 1. The molecule has 0 aromatic heterocycles. The third-order valence-electron chi connectivity index (χ3n) is 5.01. The number of esters is 1. The first-order valence-electron chi connectivity index (χ1n) is 9.10. The van der Waals surface area contributed by atoms with E-state index in [9.17, 15) is 9.59 Å². The van der Waals surface area contributed by atoms with Crippen molar-refractivity contribution in [2.75, 3.05) is 13.2 Å². The molecule has 5 nitrogen and oxygen atoms in total. The van der Waals surface area contributed by atoms with E-state index in [-0.39, 0.29) is 31.6 Å². The standard InChI is InChI=1S/C20H29NO4/c1-14-7-9-17(10-8-14)24-12-11-20(23)25-13-19(22)21-18-6-4-5-15(2)16(18)3/h7-10,15-16,18H,4-6,11-13H2,1-3H3,(H,21,22)/t15-,16-,18-/m1/s1. The molecule has 5 heteroatoms. The summed E-state index contributed by atoms with van der Waals surface area (Å²) in [4.78, 5) is 23.7. The number of hydrogen-bond donors (Lipinski definition) is 1. The number of rotatable bonds is 7. The van der Waals surface area contributed by atoms with Gasteiger partial charge in [-0.15, -0.1) is 0 Å². The first-order valence-corrected chi connectivity index (χ1v) is 9.10. The van der Waals surface area contributed by atoms with Gasteiger partial charge in [0.1, 0.15) is 5.75 Å². The largest absolute Gasteiger partial charge is 0.493 e. The van der Waals surface area contributed by atoms with E-state index < -0.39 is 5.97 Å². The second kappa shape index (κ2) is 9.44. The van der Waals surface area contributed by atoms with Gasteiger partial charge in [-0.2, -0.15) is 0 Å². The molecule has 0 heterocycles. The van der Waals surface area contributed by atoms with Crippen molar-refractivity contribution in [3.05, 3.63) is 29.8 Å². The van der Waals surface area contributed by atoms with Crippen LogP contribution in [0.15, 0.2) is 24.3 Å². The predicted octanol–water partition coefficient (Wildman–Crippen LogP) is 3.25. The number of carbonyl (C=O) groups excluding carboxylic acids is 2. The molecule has 1 saturated carbocycles. The van der Waals surface area contributed by atoms with Gasteiger partial charge >= 0.3 is 5.97 Å². The summed E-state index contributed by atoms with van der Waals surface area (Å²) >= 11 is 0. The van der Waals surface area contributed by atoms with Crippen LogP contribution in [0.2, 0.25) is 0 Å². The van der Waals surface area contributed by atoms with Gasteiger partial charge in [-0.3, -0.25) is 9.59 Å². The van der Waals surface area contributed by atoms with Crippen molar-refractivity contribution in [2.45, 2.75) is 52.5 Å². The van der Waals surface area contributed by atoms with E-state index in [0.29, 0.717) is 11.8 Å². The Balaban J connectivity index is 1.62. The third-order valence-corrected chi connectivity index (χ3v) is 5.01. The molecule has 0 unspecified atom stereocenters. The predicted molar refractivity (Wildman–Crippen MR) is 96.4 cm³/mol. The highest BCUT2D eigenvalue weighted by atomic mass is 16.5. The third kappa shape index (κ3) is 6.40. The van der Waals surface area contributed by atoms with E-state index in [1.807, 2.05) is 31.2 Å². The average Bonchev–Trinajstić information content (AvgIpc) is 2.59. The lowest BCUT2D eigenvalue weighted by atomic mass is 9.78. The molecule has 0 saturated heterocycles. The van der Waals surface area contributed by atoms with Gasteiger partial charge in [-0.1, -0.05) is 44.4 Å². The van der Waals surface area contributed by atoms with E-state index in [0.717, 1.165) is 24.2 Å². The summed E-state index contributed by atoms with van der Waals surface area (Å²) in [5.41, 5.74) is 1.15. The molecule has 138 valence electrons. The van der Waals surface area contributed by atoms with Gasteiger partial charge in [0.25, 0.3) is 5.91 Å². The Hall–Kier alpha value is -2.04. The molecule has 1 aromatic carbocycles. The van der Waals surface area contributed by atoms with E-state index in [4.69, 9.17) is 9.47 Å². The van der Waals surface area contributed by atoms with Crippen molar-refractivity contribution < 1.29 is 19.1 Å². The normalized spacial score (nSPS) is 22.9. The average molecular weight is 347 g/mol. The molecule has 0 radical (unpaired) electrons. The van der Waals surface area contributed by atoms with E-state index in [1.54, 1.807) is 0 Å². The highest BCUT2D eigenvalue weighted by molar-refractivity contribution is 5.80. The molecule has 1 amide bonds.